The molecule has 3 unspecified atom stereocenters. The minimum absolute atomic E-state index is 0.517. The lowest BCUT2D eigenvalue weighted by atomic mass is 10.2. The Bertz CT molecular complexity index is 154. The van der Waals surface area contributed by atoms with Gasteiger partial charge in [0.25, 0.3) is 0 Å². The van der Waals surface area contributed by atoms with Crippen LogP contribution in [0.15, 0.2) is 0 Å². The summed E-state index contributed by atoms with van der Waals surface area (Å²) in [6, 6.07) is 0.823. The molecule has 2 nitrogen and oxygen atoms in total. The fraction of sp³-hybridized carbons (Fsp3) is 1.00. The van der Waals surface area contributed by atoms with E-state index < -0.39 is 0 Å². The van der Waals surface area contributed by atoms with Crippen LogP contribution in [0.5, 0.6) is 0 Å². The van der Waals surface area contributed by atoms with E-state index in [9.17, 15) is 0 Å². The van der Waals surface area contributed by atoms with E-state index in [0.717, 1.165) is 25.1 Å². The second-order valence-corrected chi connectivity index (χ2v) is 4.43. The zero-order chi connectivity index (χ0) is 9.10. The van der Waals surface area contributed by atoms with Gasteiger partial charge in [-0.05, 0) is 31.6 Å². The van der Waals surface area contributed by atoms with E-state index in [4.69, 9.17) is 4.74 Å². The van der Waals surface area contributed by atoms with E-state index in [1.165, 1.54) is 32.1 Å². The largest absolute Gasteiger partial charge is 0.377 e. The van der Waals surface area contributed by atoms with E-state index in [1.807, 2.05) is 0 Å². The van der Waals surface area contributed by atoms with Crippen molar-refractivity contribution in [1.82, 2.24) is 5.32 Å². The molecule has 1 saturated carbocycles. The lowest BCUT2D eigenvalue weighted by molar-refractivity contribution is 0.109. The van der Waals surface area contributed by atoms with Crippen molar-refractivity contribution >= 4 is 0 Å². The Labute approximate surface area is 81.0 Å². The summed E-state index contributed by atoms with van der Waals surface area (Å²) in [7, 11) is 0. The molecule has 2 heteroatoms. The van der Waals surface area contributed by atoms with Gasteiger partial charge >= 0.3 is 0 Å². The molecule has 2 fully saturated rings. The molecular weight excluding hydrogens is 162 g/mol. The minimum Gasteiger partial charge on any atom is -0.377 e. The number of ether oxygens (including phenoxy) is 1. The molecule has 0 aromatic rings. The molecule has 2 aliphatic rings. The summed E-state index contributed by atoms with van der Waals surface area (Å²) in [6.07, 6.45) is 7.18. The maximum Gasteiger partial charge on any atom is 0.0700 e. The van der Waals surface area contributed by atoms with E-state index >= 15 is 0 Å². The molecule has 0 spiro atoms. The quantitative estimate of drug-likeness (QED) is 0.703. The first-order valence-corrected chi connectivity index (χ1v) is 5.75. The predicted octanol–water partition coefficient (Wildman–Crippen LogP) is 1.94. The molecule has 3 atom stereocenters. The first-order chi connectivity index (χ1) is 6.40. The third-order valence-corrected chi connectivity index (χ3v) is 3.21. The monoisotopic (exact) mass is 183 g/mol. The summed E-state index contributed by atoms with van der Waals surface area (Å²) in [6.45, 7) is 4.34. The highest BCUT2D eigenvalue weighted by Gasteiger charge is 2.35. The SMILES string of the molecule is CCCC1CC1NCC1CCCO1. The van der Waals surface area contributed by atoms with Crippen LogP contribution in [0.2, 0.25) is 0 Å². The Kier molecular flexibility index (Phi) is 3.23. The van der Waals surface area contributed by atoms with Gasteiger partial charge in [-0.1, -0.05) is 13.3 Å². The Hall–Kier alpha value is -0.0800. The summed E-state index contributed by atoms with van der Waals surface area (Å²) in [5, 5.41) is 3.61. The molecule has 1 saturated heterocycles. The van der Waals surface area contributed by atoms with Crippen LogP contribution in [-0.4, -0.2) is 25.3 Å². The average molecular weight is 183 g/mol. The van der Waals surface area contributed by atoms with Gasteiger partial charge in [-0.2, -0.15) is 0 Å². The Morgan fingerprint density at radius 2 is 2.38 bits per heavy atom. The molecule has 1 aliphatic carbocycles. The summed E-state index contributed by atoms with van der Waals surface area (Å²) in [4.78, 5) is 0. The second-order valence-electron chi connectivity index (χ2n) is 4.43. The molecule has 1 aliphatic heterocycles. The van der Waals surface area contributed by atoms with Crippen LogP contribution in [-0.2, 0) is 4.74 Å². The molecular formula is C11H21NO. The van der Waals surface area contributed by atoms with Crippen molar-refractivity contribution in [2.75, 3.05) is 13.2 Å². The fourth-order valence-corrected chi connectivity index (χ4v) is 2.28. The van der Waals surface area contributed by atoms with Crippen molar-refractivity contribution < 1.29 is 4.74 Å². The normalized spacial score (nSPS) is 38.1. The van der Waals surface area contributed by atoms with Gasteiger partial charge < -0.3 is 10.1 Å². The number of hydrogen-bond acceptors (Lipinski definition) is 2. The first-order valence-electron chi connectivity index (χ1n) is 5.75. The van der Waals surface area contributed by atoms with Gasteiger partial charge in [0, 0.05) is 19.2 Å². The van der Waals surface area contributed by atoms with Gasteiger partial charge in [0.05, 0.1) is 6.10 Å². The van der Waals surface area contributed by atoms with Crippen LogP contribution in [0, 0.1) is 5.92 Å². The van der Waals surface area contributed by atoms with Gasteiger partial charge in [0.15, 0.2) is 0 Å². The van der Waals surface area contributed by atoms with Gasteiger partial charge in [0.1, 0.15) is 0 Å². The molecule has 1 N–H and O–H groups in total. The maximum absolute atomic E-state index is 5.56. The standard InChI is InChI=1S/C11H21NO/c1-2-4-9-7-11(9)12-8-10-5-3-6-13-10/h9-12H,2-8H2,1H3. The van der Waals surface area contributed by atoms with Crippen molar-refractivity contribution in [3.8, 4) is 0 Å². The molecule has 0 bridgehead atoms. The van der Waals surface area contributed by atoms with Crippen LogP contribution in [0.3, 0.4) is 0 Å². The summed E-state index contributed by atoms with van der Waals surface area (Å²) in [5.41, 5.74) is 0. The fourth-order valence-electron chi connectivity index (χ4n) is 2.28. The summed E-state index contributed by atoms with van der Waals surface area (Å²) < 4.78 is 5.56. The van der Waals surface area contributed by atoms with Crippen molar-refractivity contribution in [3.05, 3.63) is 0 Å². The Balaban J connectivity index is 1.54. The molecule has 0 amide bonds. The molecule has 2 rings (SSSR count). The lowest BCUT2D eigenvalue weighted by Gasteiger charge is -2.10. The predicted molar refractivity (Wildman–Crippen MR) is 53.8 cm³/mol. The molecule has 13 heavy (non-hydrogen) atoms. The smallest absolute Gasteiger partial charge is 0.0700 e. The molecule has 76 valence electrons. The van der Waals surface area contributed by atoms with Crippen LogP contribution in [0.4, 0.5) is 0 Å². The minimum atomic E-state index is 0.517. The van der Waals surface area contributed by atoms with E-state index in [1.54, 1.807) is 0 Å². The topological polar surface area (TPSA) is 21.3 Å². The third kappa shape index (κ3) is 2.68. The van der Waals surface area contributed by atoms with Gasteiger partial charge in [-0.25, -0.2) is 0 Å². The summed E-state index contributed by atoms with van der Waals surface area (Å²) >= 11 is 0. The zero-order valence-corrected chi connectivity index (χ0v) is 8.59. The van der Waals surface area contributed by atoms with Gasteiger partial charge in [0.2, 0.25) is 0 Å². The molecule has 1 heterocycles. The van der Waals surface area contributed by atoms with E-state index in [2.05, 4.69) is 12.2 Å². The zero-order valence-electron chi connectivity index (χ0n) is 8.59. The maximum atomic E-state index is 5.56. The molecule has 0 aromatic heterocycles. The number of nitrogens with one attached hydrogen (secondary N) is 1. The number of hydrogen-bond donors (Lipinski definition) is 1. The van der Waals surface area contributed by atoms with Crippen LogP contribution in [0.1, 0.15) is 39.0 Å². The van der Waals surface area contributed by atoms with Gasteiger partial charge in [-0.3, -0.25) is 0 Å². The Morgan fingerprint density at radius 3 is 3.08 bits per heavy atom. The summed E-state index contributed by atoms with van der Waals surface area (Å²) in [5.74, 6) is 0.978. The highest BCUT2D eigenvalue weighted by Crippen LogP contribution is 2.34. The van der Waals surface area contributed by atoms with E-state index in [-0.39, 0.29) is 0 Å². The van der Waals surface area contributed by atoms with Crippen LogP contribution in [0.25, 0.3) is 0 Å². The van der Waals surface area contributed by atoms with Crippen molar-refractivity contribution in [2.45, 2.75) is 51.2 Å². The van der Waals surface area contributed by atoms with Crippen LogP contribution < -0.4 is 5.32 Å². The van der Waals surface area contributed by atoms with E-state index in [0.29, 0.717) is 6.10 Å². The molecule has 0 radical (unpaired) electrons. The number of rotatable bonds is 5. The Morgan fingerprint density at radius 1 is 1.46 bits per heavy atom. The van der Waals surface area contributed by atoms with Crippen molar-refractivity contribution in [1.29, 1.82) is 0 Å². The lowest BCUT2D eigenvalue weighted by Crippen LogP contribution is -2.28. The highest BCUT2D eigenvalue weighted by molar-refractivity contribution is 4.93. The van der Waals surface area contributed by atoms with Crippen LogP contribution >= 0.6 is 0 Å². The third-order valence-electron chi connectivity index (χ3n) is 3.21. The molecule has 0 aromatic carbocycles. The second kappa shape index (κ2) is 4.43. The van der Waals surface area contributed by atoms with Crippen molar-refractivity contribution in [3.63, 3.8) is 0 Å². The first kappa shape index (κ1) is 9.47. The van der Waals surface area contributed by atoms with Gasteiger partial charge in [-0.15, -0.1) is 0 Å². The van der Waals surface area contributed by atoms with Crippen molar-refractivity contribution in [2.24, 2.45) is 5.92 Å². The highest BCUT2D eigenvalue weighted by atomic mass is 16.5. The average Bonchev–Trinajstić information content (AvgIpc) is 2.66.